The average molecular weight is 481 g/mol. The molecular formula is C25H28N4O6. The number of nitrogens with zero attached hydrogens (tertiary/aromatic N) is 2. The number of urea groups is 1. The molecule has 1 fully saturated rings. The van der Waals surface area contributed by atoms with Crippen molar-refractivity contribution >= 4 is 35.9 Å². The number of ether oxygens (including phenoxy) is 3. The quantitative estimate of drug-likeness (QED) is 0.290. The third-order valence-corrected chi connectivity index (χ3v) is 5.75. The van der Waals surface area contributed by atoms with E-state index in [1.165, 1.54) is 20.4 Å². The van der Waals surface area contributed by atoms with Gasteiger partial charge in [0.25, 0.3) is 0 Å². The molecule has 0 spiro atoms. The van der Waals surface area contributed by atoms with Crippen LogP contribution in [-0.2, 0) is 14.3 Å². The largest absolute Gasteiger partial charge is 0.497 e. The predicted octanol–water partition coefficient (Wildman–Crippen LogP) is 2.99. The first kappa shape index (κ1) is 25.3. The number of esters is 1. The zero-order chi connectivity index (χ0) is 25.4. The number of amides is 3. The number of carbonyl (C=O) groups is 3. The first-order chi connectivity index (χ1) is 17.0. The van der Waals surface area contributed by atoms with Crippen molar-refractivity contribution in [3.8, 4) is 11.5 Å². The van der Waals surface area contributed by atoms with Crippen LogP contribution in [0.3, 0.4) is 0 Å². The Kier molecular flexibility index (Phi) is 8.44. The molecule has 0 aromatic heterocycles. The molecular weight excluding hydrogens is 452 g/mol. The fourth-order valence-electron chi connectivity index (χ4n) is 3.99. The summed E-state index contributed by atoms with van der Waals surface area (Å²) in [7, 11) is 4.37. The summed E-state index contributed by atoms with van der Waals surface area (Å²) in [6.07, 6.45) is 3.01. The lowest BCUT2D eigenvalue weighted by atomic mass is 10.0. The smallest absolute Gasteiger partial charge is 0.325 e. The summed E-state index contributed by atoms with van der Waals surface area (Å²) in [5, 5.41) is 10.1. The molecule has 2 aromatic rings. The number of methoxy groups -OCH3 is 3. The second kappa shape index (κ2) is 11.7. The molecule has 1 aliphatic rings. The Hall–Kier alpha value is -4.34. The highest BCUT2D eigenvalue weighted by Crippen LogP contribution is 2.35. The molecule has 2 aromatic carbocycles. The van der Waals surface area contributed by atoms with Crippen molar-refractivity contribution in [2.75, 3.05) is 39.3 Å². The molecule has 184 valence electrons. The van der Waals surface area contributed by atoms with E-state index >= 15 is 0 Å². The fourth-order valence-corrected chi connectivity index (χ4v) is 3.99. The van der Waals surface area contributed by atoms with Gasteiger partial charge in [-0.15, -0.1) is 0 Å². The van der Waals surface area contributed by atoms with Crippen molar-refractivity contribution in [2.24, 2.45) is 0 Å². The van der Waals surface area contributed by atoms with Gasteiger partial charge >= 0.3 is 12.0 Å². The summed E-state index contributed by atoms with van der Waals surface area (Å²) >= 11 is 0. The van der Waals surface area contributed by atoms with Crippen LogP contribution in [0.5, 0.6) is 11.5 Å². The van der Waals surface area contributed by atoms with Crippen molar-refractivity contribution in [1.82, 2.24) is 10.2 Å². The summed E-state index contributed by atoms with van der Waals surface area (Å²) in [6.45, 7) is 0.805. The van der Waals surface area contributed by atoms with Crippen molar-refractivity contribution in [2.45, 2.75) is 12.5 Å². The second-order valence-corrected chi connectivity index (χ2v) is 7.61. The van der Waals surface area contributed by atoms with Crippen LogP contribution in [0.25, 0.3) is 5.57 Å². The summed E-state index contributed by atoms with van der Waals surface area (Å²) in [5.74, 6) is 0.639. The highest BCUT2D eigenvalue weighted by molar-refractivity contribution is 6.10. The minimum atomic E-state index is -0.530. The SMILES string of the molecule is COC(=O)CC(c1cccc(OC)c1)N1CCN(c2ccc(/C(C=N)=C/NC=O)c(OC)c2)C1=O. The zero-order valence-corrected chi connectivity index (χ0v) is 19.8. The first-order valence-electron chi connectivity index (χ1n) is 10.8. The van der Waals surface area contributed by atoms with Gasteiger partial charge in [-0.3, -0.25) is 14.5 Å². The summed E-state index contributed by atoms with van der Waals surface area (Å²) in [4.78, 5) is 39.6. The van der Waals surface area contributed by atoms with Crippen molar-refractivity contribution < 1.29 is 28.6 Å². The molecule has 0 bridgehead atoms. The number of benzene rings is 2. The van der Waals surface area contributed by atoms with Crippen LogP contribution in [0.15, 0.2) is 48.7 Å². The van der Waals surface area contributed by atoms with E-state index in [-0.39, 0.29) is 12.5 Å². The number of allylic oxidation sites excluding steroid dienone is 1. The van der Waals surface area contributed by atoms with E-state index in [0.29, 0.717) is 47.8 Å². The number of anilines is 1. The second-order valence-electron chi connectivity index (χ2n) is 7.61. The van der Waals surface area contributed by atoms with Crippen LogP contribution in [-0.4, -0.2) is 63.9 Å². The number of carbonyl (C=O) groups excluding carboxylic acids is 3. The normalized spacial score (nSPS) is 14.4. The first-order valence-corrected chi connectivity index (χ1v) is 10.8. The van der Waals surface area contributed by atoms with Gasteiger partial charge in [-0.2, -0.15) is 0 Å². The Bertz CT molecular complexity index is 1130. The van der Waals surface area contributed by atoms with Gasteiger partial charge in [-0.25, -0.2) is 4.79 Å². The number of rotatable bonds is 11. The molecule has 0 radical (unpaired) electrons. The van der Waals surface area contributed by atoms with E-state index < -0.39 is 12.0 Å². The molecule has 1 saturated heterocycles. The predicted molar refractivity (Wildman–Crippen MR) is 131 cm³/mol. The standard InChI is InChI=1S/C25H28N4O6/c1-33-20-6-4-5-17(11-20)22(13-24(31)35-3)29-10-9-28(25(29)32)19-7-8-21(23(12-19)34-2)18(14-26)15-27-16-30/h4-8,11-12,14-16,22,26H,9-10,13H2,1-3H3,(H,27,30)/b18-15+,26-14?. The monoisotopic (exact) mass is 480 g/mol. The number of hydrogen-bond donors (Lipinski definition) is 2. The minimum Gasteiger partial charge on any atom is -0.497 e. The van der Waals surface area contributed by atoms with E-state index in [1.54, 1.807) is 47.2 Å². The van der Waals surface area contributed by atoms with E-state index in [2.05, 4.69) is 5.32 Å². The van der Waals surface area contributed by atoms with Gasteiger partial charge < -0.3 is 29.8 Å². The molecule has 3 rings (SSSR count). The molecule has 1 atom stereocenters. The van der Waals surface area contributed by atoms with Crippen molar-refractivity contribution in [3.63, 3.8) is 0 Å². The van der Waals surface area contributed by atoms with Crippen LogP contribution in [0.1, 0.15) is 23.6 Å². The Balaban J connectivity index is 1.92. The van der Waals surface area contributed by atoms with Gasteiger partial charge in [0.15, 0.2) is 0 Å². The zero-order valence-electron chi connectivity index (χ0n) is 19.8. The maximum atomic E-state index is 13.5. The van der Waals surface area contributed by atoms with E-state index in [0.717, 1.165) is 11.8 Å². The topological polar surface area (TPSA) is 121 Å². The maximum Gasteiger partial charge on any atom is 0.325 e. The Morgan fingerprint density at radius 3 is 2.60 bits per heavy atom. The third-order valence-electron chi connectivity index (χ3n) is 5.75. The Morgan fingerprint density at radius 1 is 1.14 bits per heavy atom. The van der Waals surface area contributed by atoms with Gasteiger partial charge in [0.1, 0.15) is 11.5 Å². The third kappa shape index (κ3) is 5.60. The Morgan fingerprint density at radius 2 is 1.94 bits per heavy atom. The van der Waals surface area contributed by atoms with Gasteiger partial charge in [-0.1, -0.05) is 12.1 Å². The van der Waals surface area contributed by atoms with Crippen LogP contribution in [0.4, 0.5) is 10.5 Å². The molecule has 1 unspecified atom stereocenters. The molecule has 3 amide bonds. The van der Waals surface area contributed by atoms with Crippen molar-refractivity contribution in [1.29, 1.82) is 5.41 Å². The van der Waals surface area contributed by atoms with Crippen molar-refractivity contribution in [3.05, 3.63) is 59.8 Å². The molecule has 0 aliphatic carbocycles. The van der Waals surface area contributed by atoms with Gasteiger partial charge in [0, 0.05) is 48.4 Å². The Labute approximate surface area is 203 Å². The molecule has 35 heavy (non-hydrogen) atoms. The minimum absolute atomic E-state index is 0.00271. The van der Waals surface area contributed by atoms with Crippen LogP contribution < -0.4 is 19.7 Å². The van der Waals surface area contributed by atoms with E-state index in [4.69, 9.17) is 19.6 Å². The number of nitrogens with one attached hydrogen (secondary N) is 2. The lowest BCUT2D eigenvalue weighted by Gasteiger charge is -2.28. The molecule has 1 heterocycles. The van der Waals surface area contributed by atoms with Gasteiger partial charge in [0.05, 0.1) is 33.8 Å². The van der Waals surface area contributed by atoms with Gasteiger partial charge in [0.2, 0.25) is 6.41 Å². The molecule has 10 heteroatoms. The molecule has 10 nitrogen and oxygen atoms in total. The lowest BCUT2D eigenvalue weighted by molar-refractivity contribution is -0.141. The average Bonchev–Trinajstić information content (AvgIpc) is 3.28. The molecule has 2 N–H and O–H groups in total. The highest BCUT2D eigenvalue weighted by atomic mass is 16.5. The number of hydrogen-bond acceptors (Lipinski definition) is 7. The summed E-state index contributed by atoms with van der Waals surface area (Å²) in [5.41, 5.74) is 2.39. The van der Waals surface area contributed by atoms with E-state index in [1.807, 2.05) is 12.1 Å². The molecule has 0 saturated carbocycles. The lowest BCUT2D eigenvalue weighted by Crippen LogP contribution is -2.36. The maximum absolute atomic E-state index is 13.5. The van der Waals surface area contributed by atoms with Crippen LogP contribution >= 0.6 is 0 Å². The molecule has 1 aliphatic heterocycles. The highest BCUT2D eigenvalue weighted by Gasteiger charge is 2.37. The van der Waals surface area contributed by atoms with E-state index in [9.17, 15) is 14.4 Å². The van der Waals surface area contributed by atoms with Gasteiger partial charge in [-0.05, 0) is 29.8 Å². The fraction of sp³-hybridized carbons (Fsp3) is 0.280. The van der Waals surface area contributed by atoms with Crippen LogP contribution in [0.2, 0.25) is 0 Å². The summed E-state index contributed by atoms with van der Waals surface area (Å²) < 4.78 is 15.7. The summed E-state index contributed by atoms with van der Waals surface area (Å²) in [6, 6.07) is 11.7. The van der Waals surface area contributed by atoms with Crippen LogP contribution in [0, 0.1) is 5.41 Å².